The molecule has 144 valence electrons. The van der Waals surface area contributed by atoms with Gasteiger partial charge in [-0.25, -0.2) is 0 Å². The number of hydrogen-bond donors (Lipinski definition) is 0. The summed E-state index contributed by atoms with van der Waals surface area (Å²) in [5, 5.41) is 0. The minimum Gasteiger partial charge on any atom is -0.493 e. The lowest BCUT2D eigenvalue weighted by molar-refractivity contribution is -0.133. The molecule has 0 unspecified atom stereocenters. The van der Waals surface area contributed by atoms with Gasteiger partial charge in [0.05, 0.1) is 14.2 Å². The van der Waals surface area contributed by atoms with Crippen LogP contribution in [-0.2, 0) is 11.3 Å². The normalized spacial score (nSPS) is 21.8. The van der Waals surface area contributed by atoms with Crippen LogP contribution in [0.3, 0.4) is 0 Å². The molecule has 1 saturated carbocycles. The molecule has 1 saturated heterocycles. The minimum absolute atomic E-state index is 0.252. The Hall–Kier alpha value is -1.82. The van der Waals surface area contributed by atoms with E-state index in [1.165, 1.54) is 12.8 Å². The Labute approximate surface area is 156 Å². The summed E-state index contributed by atoms with van der Waals surface area (Å²) in [6.07, 6.45) is 4.85. The number of methoxy groups -OCH3 is 2. The number of ether oxygens (including phenoxy) is 2. The molecule has 6 nitrogen and oxygen atoms in total. The molecule has 1 amide bonds. The van der Waals surface area contributed by atoms with Gasteiger partial charge >= 0.3 is 0 Å². The molecule has 0 aromatic carbocycles. The number of pyridine rings is 1. The van der Waals surface area contributed by atoms with Gasteiger partial charge in [-0.2, -0.15) is 0 Å². The van der Waals surface area contributed by atoms with Crippen LogP contribution in [0.25, 0.3) is 0 Å². The van der Waals surface area contributed by atoms with E-state index in [1.54, 1.807) is 20.4 Å². The van der Waals surface area contributed by atoms with Gasteiger partial charge in [0.15, 0.2) is 11.5 Å². The fraction of sp³-hybridized carbons (Fsp3) is 0.700. The number of rotatable bonds is 7. The summed E-state index contributed by atoms with van der Waals surface area (Å²) >= 11 is 0. The molecule has 0 spiro atoms. The van der Waals surface area contributed by atoms with Crippen LogP contribution in [0.4, 0.5) is 0 Å². The Balaban J connectivity index is 1.77. The van der Waals surface area contributed by atoms with Gasteiger partial charge in [-0.15, -0.1) is 0 Å². The van der Waals surface area contributed by atoms with Gasteiger partial charge < -0.3 is 14.4 Å². The van der Waals surface area contributed by atoms with Gasteiger partial charge in [0, 0.05) is 50.9 Å². The smallest absolute Gasteiger partial charge is 0.224 e. The zero-order valence-electron chi connectivity index (χ0n) is 16.4. The standard InChI is InChI=1S/C20H31N3O3/c1-14(2)17-13-22(10-8-19(24)23(17)11-15-5-6-15)12-16-20(26-4)18(25-3)7-9-21-16/h7,9,14-15,17H,5-6,8,10-13H2,1-4H3/t17-/m0/s1. The van der Waals surface area contributed by atoms with Gasteiger partial charge in [0.25, 0.3) is 0 Å². The van der Waals surface area contributed by atoms with Gasteiger partial charge in [0.1, 0.15) is 5.69 Å². The highest BCUT2D eigenvalue weighted by molar-refractivity contribution is 5.77. The monoisotopic (exact) mass is 361 g/mol. The van der Waals surface area contributed by atoms with Crippen molar-refractivity contribution in [1.82, 2.24) is 14.8 Å². The zero-order chi connectivity index (χ0) is 18.7. The van der Waals surface area contributed by atoms with Crippen molar-refractivity contribution in [3.05, 3.63) is 18.0 Å². The molecule has 1 atom stereocenters. The molecule has 2 fully saturated rings. The number of carbonyl (C=O) groups is 1. The number of amides is 1. The van der Waals surface area contributed by atoms with Gasteiger partial charge in [-0.3, -0.25) is 14.7 Å². The lowest BCUT2D eigenvalue weighted by Gasteiger charge is -2.35. The SMILES string of the molecule is COc1ccnc(CN2CCC(=O)N(CC3CC3)[C@H](C(C)C)C2)c1OC. The topological polar surface area (TPSA) is 54.9 Å². The van der Waals surface area contributed by atoms with Crippen LogP contribution in [0.2, 0.25) is 0 Å². The number of nitrogens with zero attached hydrogens (tertiary/aromatic N) is 3. The van der Waals surface area contributed by atoms with Crippen molar-refractivity contribution in [3.8, 4) is 11.5 Å². The van der Waals surface area contributed by atoms with Crippen molar-refractivity contribution in [2.75, 3.05) is 33.9 Å². The van der Waals surface area contributed by atoms with Gasteiger partial charge in [-0.05, 0) is 24.7 Å². The predicted molar refractivity (Wildman–Crippen MR) is 100 cm³/mol. The third kappa shape index (κ3) is 4.29. The predicted octanol–water partition coefficient (Wildman–Crippen LogP) is 2.57. The number of carbonyl (C=O) groups excluding carboxylic acids is 1. The Morgan fingerprint density at radius 1 is 1.27 bits per heavy atom. The average molecular weight is 361 g/mol. The summed E-state index contributed by atoms with van der Waals surface area (Å²) in [6, 6.07) is 2.06. The van der Waals surface area contributed by atoms with Crippen LogP contribution in [0, 0.1) is 11.8 Å². The highest BCUT2D eigenvalue weighted by Crippen LogP contribution is 2.33. The van der Waals surface area contributed by atoms with Crippen LogP contribution >= 0.6 is 0 Å². The molecule has 26 heavy (non-hydrogen) atoms. The maximum absolute atomic E-state index is 12.8. The molecular weight excluding hydrogens is 330 g/mol. The summed E-state index contributed by atoms with van der Waals surface area (Å²) in [7, 11) is 3.28. The van der Waals surface area contributed by atoms with Crippen molar-refractivity contribution in [3.63, 3.8) is 0 Å². The van der Waals surface area contributed by atoms with Crippen LogP contribution in [0.15, 0.2) is 12.3 Å². The Morgan fingerprint density at radius 2 is 2.04 bits per heavy atom. The highest BCUT2D eigenvalue weighted by atomic mass is 16.5. The fourth-order valence-electron chi connectivity index (χ4n) is 3.74. The molecule has 6 heteroatoms. The van der Waals surface area contributed by atoms with E-state index in [0.717, 1.165) is 25.3 Å². The van der Waals surface area contributed by atoms with E-state index < -0.39 is 0 Å². The third-order valence-corrected chi connectivity index (χ3v) is 5.47. The summed E-state index contributed by atoms with van der Waals surface area (Å²) in [5.41, 5.74) is 0.859. The van der Waals surface area contributed by atoms with Crippen molar-refractivity contribution < 1.29 is 14.3 Å². The van der Waals surface area contributed by atoms with Crippen LogP contribution < -0.4 is 9.47 Å². The Bertz CT molecular complexity index is 631. The van der Waals surface area contributed by atoms with E-state index >= 15 is 0 Å². The molecule has 1 aromatic rings. The van der Waals surface area contributed by atoms with Crippen LogP contribution in [-0.4, -0.2) is 60.6 Å². The maximum atomic E-state index is 12.8. The molecule has 1 aromatic heterocycles. The van der Waals surface area contributed by atoms with Crippen LogP contribution in [0.1, 0.15) is 38.8 Å². The first-order valence-electron chi connectivity index (χ1n) is 9.61. The van der Waals surface area contributed by atoms with E-state index in [-0.39, 0.29) is 6.04 Å². The molecule has 1 aliphatic carbocycles. The third-order valence-electron chi connectivity index (χ3n) is 5.47. The first-order valence-corrected chi connectivity index (χ1v) is 9.61. The number of hydrogen-bond acceptors (Lipinski definition) is 5. The van der Waals surface area contributed by atoms with E-state index in [4.69, 9.17) is 9.47 Å². The highest BCUT2D eigenvalue weighted by Gasteiger charge is 2.35. The second-order valence-electron chi connectivity index (χ2n) is 7.78. The zero-order valence-corrected chi connectivity index (χ0v) is 16.4. The molecule has 2 aliphatic rings. The van der Waals surface area contributed by atoms with Crippen molar-refractivity contribution >= 4 is 5.91 Å². The average Bonchev–Trinajstić information content (AvgIpc) is 3.46. The van der Waals surface area contributed by atoms with Crippen molar-refractivity contribution in [2.45, 2.75) is 45.7 Å². The van der Waals surface area contributed by atoms with Crippen molar-refractivity contribution in [2.24, 2.45) is 11.8 Å². The minimum atomic E-state index is 0.252. The Kier molecular flexibility index (Phi) is 6.01. The van der Waals surface area contributed by atoms with Crippen LogP contribution in [0.5, 0.6) is 11.5 Å². The lowest BCUT2D eigenvalue weighted by atomic mass is 10.0. The molecule has 0 N–H and O–H groups in total. The molecule has 3 rings (SSSR count). The van der Waals surface area contributed by atoms with Gasteiger partial charge in [-0.1, -0.05) is 13.8 Å². The molecular formula is C20H31N3O3. The fourth-order valence-corrected chi connectivity index (χ4v) is 3.74. The molecule has 2 heterocycles. The first-order chi connectivity index (χ1) is 12.5. The lowest BCUT2D eigenvalue weighted by Crippen LogP contribution is -2.47. The summed E-state index contributed by atoms with van der Waals surface area (Å²) in [4.78, 5) is 21.7. The largest absolute Gasteiger partial charge is 0.493 e. The van der Waals surface area contributed by atoms with Crippen molar-refractivity contribution in [1.29, 1.82) is 0 Å². The van der Waals surface area contributed by atoms with E-state index in [0.29, 0.717) is 42.2 Å². The van der Waals surface area contributed by atoms with E-state index in [9.17, 15) is 4.79 Å². The number of aromatic nitrogens is 1. The quantitative estimate of drug-likeness (QED) is 0.747. The second-order valence-corrected chi connectivity index (χ2v) is 7.78. The Morgan fingerprint density at radius 3 is 2.65 bits per heavy atom. The molecule has 0 bridgehead atoms. The summed E-state index contributed by atoms with van der Waals surface area (Å²) < 4.78 is 10.9. The van der Waals surface area contributed by atoms with E-state index in [2.05, 4.69) is 28.6 Å². The first kappa shape index (κ1) is 19.0. The van der Waals surface area contributed by atoms with E-state index in [1.807, 2.05) is 6.07 Å². The van der Waals surface area contributed by atoms with Gasteiger partial charge in [0.2, 0.25) is 5.91 Å². The summed E-state index contributed by atoms with van der Waals surface area (Å²) in [5.74, 6) is 2.81. The summed E-state index contributed by atoms with van der Waals surface area (Å²) in [6.45, 7) is 7.64. The molecule has 0 radical (unpaired) electrons. The second kappa shape index (κ2) is 8.25. The molecule has 1 aliphatic heterocycles. The maximum Gasteiger partial charge on any atom is 0.224 e.